The summed E-state index contributed by atoms with van der Waals surface area (Å²) in [5, 5.41) is 15.0. The number of hydrogen-bond acceptors (Lipinski definition) is 4. The van der Waals surface area contributed by atoms with Crippen molar-refractivity contribution in [3.05, 3.63) is 114 Å². The molecule has 2 heterocycles. The van der Waals surface area contributed by atoms with Gasteiger partial charge in [0.1, 0.15) is 0 Å². The van der Waals surface area contributed by atoms with Gasteiger partial charge in [0, 0.05) is 42.0 Å². The molecule has 1 N–H and O–H groups in total. The lowest BCUT2D eigenvalue weighted by atomic mass is 10.0. The third-order valence-corrected chi connectivity index (χ3v) is 6.36. The molecule has 0 fully saturated rings. The second-order valence-electron chi connectivity index (χ2n) is 8.42. The number of anilines is 2. The topological polar surface area (TPSA) is 71.2 Å². The number of rotatable bonds is 7. The molecular weight excluding hydrogens is 472 g/mol. The molecule has 0 atom stereocenters. The van der Waals surface area contributed by atoms with Crippen molar-refractivity contribution in [1.29, 1.82) is 0 Å². The van der Waals surface area contributed by atoms with Gasteiger partial charge in [0.2, 0.25) is 0 Å². The molecule has 0 aliphatic heterocycles. The van der Waals surface area contributed by atoms with Crippen LogP contribution < -0.4 is 4.90 Å². The minimum absolute atomic E-state index is 0.512. The Morgan fingerprint density at radius 2 is 1.75 bits per heavy atom. The van der Waals surface area contributed by atoms with Gasteiger partial charge in [-0.1, -0.05) is 48.0 Å². The molecular formula is C29H23ClN4O2. The number of halogens is 1. The largest absolute Gasteiger partial charge is 0.478 e. The molecule has 5 aromatic rings. The fraction of sp³-hybridized carbons (Fsp3) is 0.0690. The van der Waals surface area contributed by atoms with Crippen LogP contribution in [0.15, 0.2) is 97.5 Å². The minimum Gasteiger partial charge on any atom is -0.478 e. The first-order valence-corrected chi connectivity index (χ1v) is 11.7. The number of carboxylic acid groups (broad SMARTS) is 1. The van der Waals surface area contributed by atoms with Gasteiger partial charge in [0.25, 0.3) is 0 Å². The number of aryl methyl sites for hydroxylation is 1. The van der Waals surface area contributed by atoms with Crippen LogP contribution in [0, 0.1) is 0 Å². The Hall–Kier alpha value is -4.42. The SMILES string of the molecule is Cn1ncc2cc(-c3ccc(CN(c4ccccc4)c4cncc(/C=C/C(=O)O)c4)c(Cl)c3)ccc21. The summed E-state index contributed by atoms with van der Waals surface area (Å²) in [4.78, 5) is 17.4. The van der Waals surface area contributed by atoms with Gasteiger partial charge in [0.15, 0.2) is 0 Å². The van der Waals surface area contributed by atoms with Gasteiger partial charge < -0.3 is 10.0 Å². The first-order chi connectivity index (χ1) is 17.5. The Kier molecular flexibility index (Phi) is 6.52. The number of carboxylic acids is 1. The standard InChI is InChI=1S/C29H23ClN4O2/c1-33-28-11-10-21(14-24(28)17-32-33)22-8-9-23(27(30)15-22)19-34(25-5-3-2-4-6-25)26-13-20(16-31-18-26)7-12-29(35)36/h2-18H,19H2,1H3,(H,35,36)/b12-7+. The van der Waals surface area contributed by atoms with E-state index in [9.17, 15) is 4.79 Å². The van der Waals surface area contributed by atoms with E-state index < -0.39 is 5.97 Å². The van der Waals surface area contributed by atoms with Crippen LogP contribution in [0.25, 0.3) is 28.1 Å². The first-order valence-electron chi connectivity index (χ1n) is 11.4. The van der Waals surface area contributed by atoms with Crippen molar-refractivity contribution in [2.45, 2.75) is 6.54 Å². The Labute approximate surface area is 213 Å². The van der Waals surface area contributed by atoms with Crippen molar-refractivity contribution in [3.63, 3.8) is 0 Å². The molecule has 0 aliphatic carbocycles. The summed E-state index contributed by atoms with van der Waals surface area (Å²) in [6.45, 7) is 0.512. The molecule has 7 heteroatoms. The summed E-state index contributed by atoms with van der Waals surface area (Å²) in [5.41, 5.74) is 6.64. The fourth-order valence-electron chi connectivity index (χ4n) is 4.16. The number of nitrogens with zero attached hydrogens (tertiary/aromatic N) is 4. The molecule has 36 heavy (non-hydrogen) atoms. The molecule has 178 valence electrons. The summed E-state index contributed by atoms with van der Waals surface area (Å²) < 4.78 is 1.86. The van der Waals surface area contributed by atoms with E-state index in [4.69, 9.17) is 16.7 Å². The van der Waals surface area contributed by atoms with E-state index in [1.54, 1.807) is 12.4 Å². The third kappa shape index (κ3) is 4.99. The van der Waals surface area contributed by atoms with Crippen molar-refractivity contribution in [2.24, 2.45) is 7.05 Å². The Bertz CT molecular complexity index is 1580. The van der Waals surface area contributed by atoms with Crippen molar-refractivity contribution in [2.75, 3.05) is 4.90 Å². The lowest BCUT2D eigenvalue weighted by Crippen LogP contribution is -2.17. The van der Waals surface area contributed by atoms with Crippen LogP contribution in [-0.4, -0.2) is 25.8 Å². The van der Waals surface area contributed by atoms with Crippen LogP contribution in [0.5, 0.6) is 0 Å². The van der Waals surface area contributed by atoms with E-state index in [-0.39, 0.29) is 0 Å². The minimum atomic E-state index is -1.00. The fourth-order valence-corrected chi connectivity index (χ4v) is 4.40. The van der Waals surface area contributed by atoms with Gasteiger partial charge in [-0.3, -0.25) is 9.67 Å². The number of fused-ring (bicyclic) bond motifs is 1. The van der Waals surface area contributed by atoms with E-state index in [1.807, 2.05) is 66.5 Å². The molecule has 2 aromatic heterocycles. The molecule has 0 saturated heterocycles. The highest BCUT2D eigenvalue weighted by molar-refractivity contribution is 6.31. The van der Waals surface area contributed by atoms with Gasteiger partial charge in [-0.2, -0.15) is 5.10 Å². The summed E-state index contributed by atoms with van der Waals surface area (Å²) in [5.74, 6) is -1.00. The molecule has 0 aliphatic rings. The highest BCUT2D eigenvalue weighted by Crippen LogP contribution is 2.32. The van der Waals surface area contributed by atoms with E-state index in [0.717, 1.165) is 45.0 Å². The number of carbonyl (C=O) groups is 1. The maximum absolute atomic E-state index is 11.0. The molecule has 0 bridgehead atoms. The average molecular weight is 495 g/mol. The third-order valence-electron chi connectivity index (χ3n) is 6.00. The number of para-hydroxylation sites is 1. The van der Waals surface area contributed by atoms with E-state index >= 15 is 0 Å². The smallest absolute Gasteiger partial charge is 0.328 e. The predicted molar refractivity (Wildman–Crippen MR) is 144 cm³/mol. The molecule has 5 rings (SSSR count). The van der Waals surface area contributed by atoms with Gasteiger partial charge in [-0.05, 0) is 64.7 Å². The van der Waals surface area contributed by atoms with Crippen LogP contribution >= 0.6 is 11.6 Å². The Morgan fingerprint density at radius 3 is 2.53 bits per heavy atom. The summed E-state index contributed by atoms with van der Waals surface area (Å²) in [7, 11) is 1.93. The molecule has 0 spiro atoms. The van der Waals surface area contributed by atoms with Gasteiger partial charge in [0.05, 0.1) is 23.6 Å². The number of aliphatic carboxylic acids is 1. The number of aromatic nitrogens is 3. The van der Waals surface area contributed by atoms with Crippen LogP contribution in [0.4, 0.5) is 11.4 Å². The average Bonchev–Trinajstić information content (AvgIpc) is 3.27. The maximum Gasteiger partial charge on any atom is 0.328 e. The normalized spacial score (nSPS) is 11.3. The zero-order valence-electron chi connectivity index (χ0n) is 19.5. The lowest BCUT2D eigenvalue weighted by Gasteiger charge is -2.26. The molecule has 6 nitrogen and oxygen atoms in total. The summed E-state index contributed by atoms with van der Waals surface area (Å²) in [6, 6.07) is 24.2. The number of hydrogen-bond donors (Lipinski definition) is 1. The van der Waals surface area contributed by atoms with Gasteiger partial charge in [-0.25, -0.2) is 4.79 Å². The molecule has 3 aromatic carbocycles. The molecule has 0 radical (unpaired) electrons. The van der Waals surface area contributed by atoms with Crippen LogP contribution in [-0.2, 0) is 18.4 Å². The second-order valence-corrected chi connectivity index (χ2v) is 8.82. The van der Waals surface area contributed by atoms with Gasteiger partial charge in [-0.15, -0.1) is 0 Å². The van der Waals surface area contributed by atoms with Crippen molar-refractivity contribution in [1.82, 2.24) is 14.8 Å². The van der Waals surface area contributed by atoms with Gasteiger partial charge >= 0.3 is 5.97 Å². The predicted octanol–water partition coefficient (Wildman–Crippen LogP) is 6.72. The maximum atomic E-state index is 11.0. The highest BCUT2D eigenvalue weighted by Gasteiger charge is 2.14. The van der Waals surface area contributed by atoms with Crippen molar-refractivity contribution < 1.29 is 9.90 Å². The number of pyridine rings is 1. The van der Waals surface area contributed by atoms with Crippen LogP contribution in [0.1, 0.15) is 11.1 Å². The quantitative estimate of drug-likeness (QED) is 0.254. The first kappa shape index (κ1) is 23.3. The Balaban J connectivity index is 1.48. The van der Waals surface area contributed by atoms with E-state index in [1.165, 1.54) is 6.08 Å². The van der Waals surface area contributed by atoms with E-state index in [2.05, 4.69) is 39.2 Å². The molecule has 0 unspecified atom stereocenters. The lowest BCUT2D eigenvalue weighted by molar-refractivity contribution is -0.131. The molecule has 0 saturated carbocycles. The number of benzene rings is 3. The van der Waals surface area contributed by atoms with Crippen molar-refractivity contribution >= 4 is 45.9 Å². The van der Waals surface area contributed by atoms with Crippen molar-refractivity contribution in [3.8, 4) is 11.1 Å². The zero-order chi connectivity index (χ0) is 25.1. The second kappa shape index (κ2) is 10.1. The zero-order valence-corrected chi connectivity index (χ0v) is 20.3. The Morgan fingerprint density at radius 1 is 0.972 bits per heavy atom. The van der Waals surface area contributed by atoms with Crippen LogP contribution in [0.3, 0.4) is 0 Å². The van der Waals surface area contributed by atoms with E-state index in [0.29, 0.717) is 17.1 Å². The molecule has 0 amide bonds. The summed E-state index contributed by atoms with van der Waals surface area (Å²) >= 11 is 6.80. The highest BCUT2D eigenvalue weighted by atomic mass is 35.5. The monoisotopic (exact) mass is 494 g/mol. The summed E-state index contributed by atoms with van der Waals surface area (Å²) in [6.07, 6.45) is 7.89. The van der Waals surface area contributed by atoms with Crippen LogP contribution in [0.2, 0.25) is 5.02 Å².